The summed E-state index contributed by atoms with van der Waals surface area (Å²) in [6.07, 6.45) is 54.4. The van der Waals surface area contributed by atoms with Crippen molar-refractivity contribution in [1.82, 2.24) is 0 Å². The summed E-state index contributed by atoms with van der Waals surface area (Å²) in [5, 5.41) is 0. The predicted molar refractivity (Wildman–Crippen MR) is 252 cm³/mol. The summed E-state index contributed by atoms with van der Waals surface area (Å²) in [7, 11) is 0. The minimum absolute atomic E-state index is 0.0723. The SMILES string of the molecule is CCCCCC/C=C/CCCCCCCCCC(=O)OC[C@@H](COC(=O)CCCCCCCCCCCCCCC)OC(=O)CCCCCCC/C=C/CCCCCC. The molecule has 0 radical (unpaired) electrons. The molecule has 6 heteroatoms. The van der Waals surface area contributed by atoms with Crippen molar-refractivity contribution >= 4 is 17.9 Å². The maximum atomic E-state index is 12.8. The molecule has 0 bridgehead atoms. The van der Waals surface area contributed by atoms with Crippen LogP contribution in [0.25, 0.3) is 0 Å². The number of ether oxygens (including phenoxy) is 3. The minimum atomic E-state index is -0.772. The molecule has 0 saturated heterocycles. The molecule has 6 nitrogen and oxygen atoms in total. The summed E-state index contributed by atoms with van der Waals surface area (Å²) in [5.41, 5.74) is 0. The van der Waals surface area contributed by atoms with Gasteiger partial charge in [-0.25, -0.2) is 0 Å². The predicted octanol–water partition coefficient (Wildman–Crippen LogP) is 16.8. The van der Waals surface area contributed by atoms with Crippen LogP contribution in [0.4, 0.5) is 0 Å². The van der Waals surface area contributed by atoms with E-state index in [1.54, 1.807) is 0 Å². The van der Waals surface area contributed by atoms with Gasteiger partial charge in [-0.2, -0.15) is 0 Å². The Morgan fingerprint density at radius 2 is 0.559 bits per heavy atom. The van der Waals surface area contributed by atoms with Gasteiger partial charge in [0.1, 0.15) is 13.2 Å². The molecule has 0 saturated carbocycles. The Balaban J connectivity index is 4.35. The second kappa shape index (κ2) is 48.6. The van der Waals surface area contributed by atoms with Gasteiger partial charge in [-0.3, -0.25) is 14.4 Å². The third-order valence-electron chi connectivity index (χ3n) is 11.4. The Morgan fingerprint density at radius 3 is 0.864 bits per heavy atom. The van der Waals surface area contributed by atoms with Gasteiger partial charge in [0, 0.05) is 19.3 Å². The van der Waals surface area contributed by atoms with Crippen molar-refractivity contribution in [2.24, 2.45) is 0 Å². The van der Waals surface area contributed by atoms with E-state index in [4.69, 9.17) is 14.2 Å². The van der Waals surface area contributed by atoms with Crippen LogP contribution in [0.15, 0.2) is 24.3 Å². The molecule has 0 unspecified atom stereocenters. The molecule has 0 aliphatic rings. The largest absolute Gasteiger partial charge is 0.462 e. The van der Waals surface area contributed by atoms with Crippen molar-refractivity contribution in [3.8, 4) is 0 Å². The molecule has 0 rings (SSSR count). The summed E-state index contributed by atoms with van der Waals surface area (Å²) in [6.45, 7) is 6.62. The maximum absolute atomic E-state index is 12.8. The Labute approximate surface area is 366 Å². The molecule has 0 amide bonds. The van der Waals surface area contributed by atoms with E-state index in [0.29, 0.717) is 19.3 Å². The van der Waals surface area contributed by atoms with Gasteiger partial charge in [0.25, 0.3) is 0 Å². The molecule has 346 valence electrons. The van der Waals surface area contributed by atoms with E-state index >= 15 is 0 Å². The molecule has 0 fully saturated rings. The normalized spacial score (nSPS) is 12.1. The molecule has 0 aliphatic heterocycles. The number of esters is 3. The monoisotopic (exact) mass is 831 g/mol. The van der Waals surface area contributed by atoms with E-state index in [0.717, 1.165) is 64.2 Å². The highest BCUT2D eigenvalue weighted by molar-refractivity contribution is 5.71. The molecule has 59 heavy (non-hydrogen) atoms. The average Bonchev–Trinajstić information content (AvgIpc) is 3.23. The standard InChI is InChI=1S/C53H98O6/c1-4-7-10-13-16-19-22-25-26-29-31-34-37-40-43-46-52(55)58-49-50(59-53(56)47-44-41-38-35-32-28-24-21-18-15-12-9-6-3)48-57-51(54)45-42-39-36-33-30-27-23-20-17-14-11-8-5-2/h19,21-22,24,50H,4-18,20,23,25-49H2,1-3H3/b22-19+,24-21+/t50-/m1/s1. The van der Waals surface area contributed by atoms with E-state index in [-0.39, 0.29) is 31.1 Å². The van der Waals surface area contributed by atoms with Gasteiger partial charge in [-0.1, -0.05) is 212 Å². The van der Waals surface area contributed by atoms with E-state index in [9.17, 15) is 14.4 Å². The van der Waals surface area contributed by atoms with Crippen LogP contribution >= 0.6 is 0 Å². The van der Waals surface area contributed by atoms with Crippen LogP contribution in [0.1, 0.15) is 278 Å². The van der Waals surface area contributed by atoms with Gasteiger partial charge in [0.05, 0.1) is 0 Å². The van der Waals surface area contributed by atoms with Gasteiger partial charge in [0.2, 0.25) is 0 Å². The highest BCUT2D eigenvalue weighted by Crippen LogP contribution is 2.15. The summed E-state index contributed by atoms with van der Waals surface area (Å²) in [6, 6.07) is 0. The molecular weight excluding hydrogens is 733 g/mol. The third kappa shape index (κ3) is 46.8. The average molecular weight is 831 g/mol. The van der Waals surface area contributed by atoms with E-state index in [1.807, 2.05) is 0 Å². The Morgan fingerprint density at radius 1 is 0.322 bits per heavy atom. The molecule has 0 N–H and O–H groups in total. The number of rotatable bonds is 47. The summed E-state index contributed by atoms with van der Waals surface area (Å²) >= 11 is 0. The fourth-order valence-corrected chi connectivity index (χ4v) is 7.49. The molecule has 0 heterocycles. The molecule has 0 aromatic rings. The number of hydrogen-bond acceptors (Lipinski definition) is 6. The first-order chi connectivity index (χ1) is 29.0. The van der Waals surface area contributed by atoms with Crippen molar-refractivity contribution in [2.75, 3.05) is 13.2 Å². The number of hydrogen-bond donors (Lipinski definition) is 0. The van der Waals surface area contributed by atoms with Crippen LogP contribution in [0.5, 0.6) is 0 Å². The van der Waals surface area contributed by atoms with Crippen LogP contribution in [0.3, 0.4) is 0 Å². The molecule has 0 spiro atoms. The summed E-state index contributed by atoms with van der Waals surface area (Å²) in [5.74, 6) is -0.874. The topological polar surface area (TPSA) is 78.9 Å². The second-order valence-corrected chi connectivity index (χ2v) is 17.4. The lowest BCUT2D eigenvalue weighted by Crippen LogP contribution is -2.30. The van der Waals surface area contributed by atoms with Gasteiger partial charge >= 0.3 is 17.9 Å². The molecule has 0 aromatic heterocycles. The Kier molecular flexibility index (Phi) is 46.8. The number of carbonyl (C=O) groups excluding carboxylic acids is 3. The quantitative estimate of drug-likeness (QED) is 0.0263. The van der Waals surface area contributed by atoms with Gasteiger partial charge in [-0.05, 0) is 70.6 Å². The van der Waals surface area contributed by atoms with E-state index in [2.05, 4.69) is 45.1 Å². The van der Waals surface area contributed by atoms with Crippen LogP contribution in [-0.2, 0) is 28.6 Å². The first-order valence-electron chi connectivity index (χ1n) is 25.8. The van der Waals surface area contributed by atoms with Crippen LogP contribution in [0.2, 0.25) is 0 Å². The van der Waals surface area contributed by atoms with Crippen molar-refractivity contribution in [3.05, 3.63) is 24.3 Å². The number of unbranched alkanes of at least 4 members (excludes halogenated alkanes) is 32. The Hall–Kier alpha value is -2.11. The first kappa shape index (κ1) is 56.9. The fourth-order valence-electron chi connectivity index (χ4n) is 7.49. The zero-order valence-electron chi connectivity index (χ0n) is 39.5. The molecular formula is C53H98O6. The minimum Gasteiger partial charge on any atom is -0.462 e. The zero-order chi connectivity index (χ0) is 43.0. The van der Waals surface area contributed by atoms with Gasteiger partial charge in [-0.15, -0.1) is 0 Å². The summed E-state index contributed by atoms with van der Waals surface area (Å²) in [4.78, 5) is 37.9. The lowest BCUT2D eigenvalue weighted by Gasteiger charge is -2.18. The summed E-state index contributed by atoms with van der Waals surface area (Å²) < 4.78 is 16.8. The maximum Gasteiger partial charge on any atom is 0.306 e. The lowest BCUT2D eigenvalue weighted by atomic mass is 10.0. The lowest BCUT2D eigenvalue weighted by molar-refractivity contribution is -0.167. The number of carbonyl (C=O) groups is 3. The Bertz CT molecular complexity index is 958. The van der Waals surface area contributed by atoms with Crippen molar-refractivity contribution in [2.45, 2.75) is 284 Å². The van der Waals surface area contributed by atoms with E-state index < -0.39 is 6.10 Å². The first-order valence-corrected chi connectivity index (χ1v) is 25.8. The molecule has 1 atom stereocenters. The van der Waals surface area contributed by atoms with Crippen LogP contribution in [-0.4, -0.2) is 37.2 Å². The fraction of sp³-hybridized carbons (Fsp3) is 0.868. The third-order valence-corrected chi connectivity index (χ3v) is 11.4. The second-order valence-electron chi connectivity index (χ2n) is 17.4. The zero-order valence-corrected chi connectivity index (χ0v) is 39.5. The molecule has 0 aromatic carbocycles. The van der Waals surface area contributed by atoms with E-state index in [1.165, 1.54) is 173 Å². The van der Waals surface area contributed by atoms with Crippen LogP contribution in [0, 0.1) is 0 Å². The van der Waals surface area contributed by atoms with Crippen LogP contribution < -0.4 is 0 Å². The highest BCUT2D eigenvalue weighted by Gasteiger charge is 2.19. The smallest absolute Gasteiger partial charge is 0.306 e. The highest BCUT2D eigenvalue weighted by atomic mass is 16.6. The van der Waals surface area contributed by atoms with Crippen molar-refractivity contribution in [3.63, 3.8) is 0 Å². The van der Waals surface area contributed by atoms with Crippen molar-refractivity contribution < 1.29 is 28.6 Å². The van der Waals surface area contributed by atoms with Crippen molar-refractivity contribution in [1.29, 1.82) is 0 Å². The number of allylic oxidation sites excluding steroid dienone is 4. The molecule has 0 aliphatic carbocycles. The van der Waals surface area contributed by atoms with Gasteiger partial charge in [0.15, 0.2) is 6.10 Å². The van der Waals surface area contributed by atoms with Gasteiger partial charge < -0.3 is 14.2 Å².